The molecule has 0 aromatic rings. The SMILES string of the molecule is CCC(C)COCCOCCOCCOCCOCCOCCOCCOCCOCCOCCOCC(=O)O. The van der Waals surface area contributed by atoms with Crippen LogP contribution in [0.15, 0.2) is 0 Å². The van der Waals surface area contributed by atoms with E-state index >= 15 is 0 Å². The number of hydrogen-bond donors (Lipinski definition) is 1. The summed E-state index contributed by atoms with van der Waals surface area (Å²) in [7, 11) is 0. The van der Waals surface area contributed by atoms with Crippen molar-refractivity contribution >= 4 is 5.97 Å². The maximum Gasteiger partial charge on any atom is 0.329 e. The van der Waals surface area contributed by atoms with Gasteiger partial charge >= 0.3 is 5.97 Å². The number of carboxylic acids is 1. The van der Waals surface area contributed by atoms with Gasteiger partial charge in [-0.1, -0.05) is 20.3 Å². The van der Waals surface area contributed by atoms with Gasteiger partial charge in [0, 0.05) is 6.61 Å². The van der Waals surface area contributed by atoms with E-state index in [4.69, 9.17) is 57.2 Å². The molecule has 0 saturated carbocycles. The molecule has 13 heteroatoms. The summed E-state index contributed by atoms with van der Waals surface area (Å²) in [6.45, 7) is 14.5. The van der Waals surface area contributed by atoms with Crippen molar-refractivity contribution in [2.24, 2.45) is 5.92 Å². The van der Waals surface area contributed by atoms with Crippen LogP contribution in [-0.2, 0) is 56.9 Å². The van der Waals surface area contributed by atoms with Crippen LogP contribution in [0.1, 0.15) is 20.3 Å². The van der Waals surface area contributed by atoms with Crippen molar-refractivity contribution < 1.29 is 62.0 Å². The first-order valence-electron chi connectivity index (χ1n) is 14.2. The molecule has 0 heterocycles. The third-order valence-electron chi connectivity index (χ3n) is 5.04. The molecular weight excluding hydrogens is 532 g/mol. The first-order chi connectivity index (χ1) is 19.7. The Labute approximate surface area is 239 Å². The van der Waals surface area contributed by atoms with E-state index in [-0.39, 0.29) is 13.2 Å². The van der Waals surface area contributed by atoms with Crippen molar-refractivity contribution in [3.05, 3.63) is 0 Å². The molecule has 1 N–H and O–H groups in total. The first kappa shape index (κ1) is 39.0. The van der Waals surface area contributed by atoms with Crippen LogP contribution in [0.5, 0.6) is 0 Å². The highest BCUT2D eigenvalue weighted by Crippen LogP contribution is 2.00. The van der Waals surface area contributed by atoms with Crippen molar-refractivity contribution in [2.75, 3.05) is 145 Å². The lowest BCUT2D eigenvalue weighted by atomic mass is 10.1. The predicted molar refractivity (Wildman–Crippen MR) is 146 cm³/mol. The molecule has 1 unspecified atom stereocenters. The Hall–Kier alpha value is -0.970. The lowest BCUT2D eigenvalue weighted by Crippen LogP contribution is -2.15. The minimum Gasteiger partial charge on any atom is -0.480 e. The maximum atomic E-state index is 10.3. The van der Waals surface area contributed by atoms with Crippen LogP contribution in [0.2, 0.25) is 0 Å². The highest BCUT2D eigenvalue weighted by Gasteiger charge is 1.99. The Balaban J connectivity index is 3.04. The van der Waals surface area contributed by atoms with E-state index in [9.17, 15) is 4.79 Å². The number of ether oxygens (including phenoxy) is 11. The van der Waals surface area contributed by atoms with Gasteiger partial charge in [-0.15, -0.1) is 0 Å². The molecule has 0 aliphatic heterocycles. The Bertz CT molecular complexity index is 499. The molecule has 0 bridgehead atoms. The van der Waals surface area contributed by atoms with E-state index < -0.39 is 5.97 Å². The van der Waals surface area contributed by atoms with Gasteiger partial charge in [-0.3, -0.25) is 0 Å². The van der Waals surface area contributed by atoms with Crippen LogP contribution in [0.25, 0.3) is 0 Å². The fourth-order valence-electron chi connectivity index (χ4n) is 2.66. The van der Waals surface area contributed by atoms with Gasteiger partial charge in [0.15, 0.2) is 0 Å². The summed E-state index contributed by atoms with van der Waals surface area (Å²) in [5.74, 6) is -0.400. The summed E-state index contributed by atoms with van der Waals surface area (Å²) >= 11 is 0. The van der Waals surface area contributed by atoms with E-state index in [0.29, 0.717) is 131 Å². The predicted octanol–water partition coefficient (Wildman–Crippen LogP) is 1.30. The molecule has 0 radical (unpaired) electrons. The molecular formula is C27H54O13. The normalized spacial score (nSPS) is 12.2. The van der Waals surface area contributed by atoms with E-state index in [0.717, 1.165) is 13.0 Å². The van der Waals surface area contributed by atoms with Crippen LogP contribution >= 0.6 is 0 Å². The number of carbonyl (C=O) groups is 1. The van der Waals surface area contributed by atoms with Crippen molar-refractivity contribution in [3.8, 4) is 0 Å². The standard InChI is InChI=1S/C27H54O13/c1-3-26(2)24-39-22-20-37-18-16-35-14-12-33-10-8-31-6-4-30-5-7-32-9-11-34-13-15-36-17-19-38-21-23-40-25-27(28)29/h26H,3-25H2,1-2H3,(H,28,29). The van der Waals surface area contributed by atoms with E-state index in [1.54, 1.807) is 0 Å². The lowest BCUT2D eigenvalue weighted by molar-refractivity contribution is -0.142. The minimum absolute atomic E-state index is 0.244. The zero-order valence-electron chi connectivity index (χ0n) is 24.7. The lowest BCUT2D eigenvalue weighted by Gasteiger charge is -2.10. The molecule has 0 aliphatic rings. The summed E-state index contributed by atoms with van der Waals surface area (Å²) in [5, 5.41) is 8.41. The molecule has 0 aliphatic carbocycles. The van der Waals surface area contributed by atoms with Crippen LogP contribution in [0.4, 0.5) is 0 Å². The summed E-state index contributed by atoms with van der Waals surface area (Å²) in [6.07, 6.45) is 1.13. The van der Waals surface area contributed by atoms with Gasteiger partial charge in [-0.2, -0.15) is 0 Å². The average Bonchev–Trinajstić information content (AvgIpc) is 2.95. The van der Waals surface area contributed by atoms with Gasteiger partial charge in [0.25, 0.3) is 0 Å². The smallest absolute Gasteiger partial charge is 0.329 e. The van der Waals surface area contributed by atoms with Gasteiger partial charge in [0.2, 0.25) is 0 Å². The van der Waals surface area contributed by atoms with Gasteiger partial charge in [0.1, 0.15) is 6.61 Å². The van der Waals surface area contributed by atoms with E-state index in [1.807, 2.05) is 0 Å². The van der Waals surface area contributed by atoms with Crippen LogP contribution in [0.3, 0.4) is 0 Å². The Morgan fingerprint density at radius 3 is 0.900 bits per heavy atom. The first-order valence-corrected chi connectivity index (χ1v) is 14.2. The fraction of sp³-hybridized carbons (Fsp3) is 0.963. The second kappa shape index (κ2) is 34.2. The van der Waals surface area contributed by atoms with Crippen LogP contribution < -0.4 is 0 Å². The molecule has 1 atom stereocenters. The molecule has 0 aromatic carbocycles. The Kier molecular flexibility index (Phi) is 33.4. The third-order valence-corrected chi connectivity index (χ3v) is 5.04. The van der Waals surface area contributed by atoms with Gasteiger partial charge in [-0.05, 0) is 5.92 Å². The summed E-state index contributed by atoms with van der Waals surface area (Å²) in [6, 6.07) is 0. The highest BCUT2D eigenvalue weighted by atomic mass is 16.6. The molecule has 0 rings (SSSR count). The van der Waals surface area contributed by atoms with Crippen LogP contribution in [0, 0.1) is 5.92 Å². The van der Waals surface area contributed by atoms with Crippen molar-refractivity contribution in [1.29, 1.82) is 0 Å². The number of rotatable bonds is 35. The largest absolute Gasteiger partial charge is 0.480 e. The van der Waals surface area contributed by atoms with E-state index in [1.165, 1.54) is 0 Å². The zero-order chi connectivity index (χ0) is 29.2. The quantitative estimate of drug-likeness (QED) is 0.107. The van der Waals surface area contributed by atoms with Gasteiger partial charge in [0.05, 0.1) is 132 Å². The van der Waals surface area contributed by atoms with Crippen molar-refractivity contribution in [3.63, 3.8) is 0 Å². The minimum atomic E-state index is -0.994. The van der Waals surface area contributed by atoms with Crippen molar-refractivity contribution in [2.45, 2.75) is 20.3 Å². The molecule has 0 spiro atoms. The van der Waals surface area contributed by atoms with E-state index in [2.05, 4.69) is 13.8 Å². The molecule has 0 fully saturated rings. The van der Waals surface area contributed by atoms with Gasteiger partial charge in [-0.25, -0.2) is 4.79 Å². The Morgan fingerprint density at radius 1 is 0.450 bits per heavy atom. The van der Waals surface area contributed by atoms with Crippen LogP contribution in [-0.4, -0.2) is 156 Å². The zero-order valence-corrected chi connectivity index (χ0v) is 24.7. The molecule has 13 nitrogen and oxygen atoms in total. The molecule has 0 saturated heterocycles. The fourth-order valence-corrected chi connectivity index (χ4v) is 2.66. The second-order valence-electron chi connectivity index (χ2n) is 8.55. The molecule has 0 amide bonds. The third kappa shape index (κ3) is 35.1. The molecule has 0 aromatic heterocycles. The number of aliphatic carboxylic acids is 1. The monoisotopic (exact) mass is 586 g/mol. The number of hydrogen-bond acceptors (Lipinski definition) is 12. The highest BCUT2D eigenvalue weighted by molar-refractivity contribution is 5.67. The number of carboxylic acid groups (broad SMARTS) is 1. The molecule has 40 heavy (non-hydrogen) atoms. The summed E-state index contributed by atoms with van der Waals surface area (Å²) in [5.41, 5.74) is 0. The van der Waals surface area contributed by atoms with Crippen molar-refractivity contribution in [1.82, 2.24) is 0 Å². The topological polar surface area (TPSA) is 139 Å². The molecule has 240 valence electrons. The summed E-state index contributed by atoms with van der Waals surface area (Å²) < 4.78 is 59.1. The maximum absolute atomic E-state index is 10.3. The summed E-state index contributed by atoms with van der Waals surface area (Å²) in [4.78, 5) is 10.3. The Morgan fingerprint density at radius 2 is 0.675 bits per heavy atom. The second-order valence-corrected chi connectivity index (χ2v) is 8.55. The van der Waals surface area contributed by atoms with Gasteiger partial charge < -0.3 is 57.2 Å². The average molecular weight is 587 g/mol.